The van der Waals surface area contributed by atoms with Crippen LogP contribution in [0.2, 0.25) is 0 Å². The SMILES string of the molecule is CCc1nc2ccccc2c(C(=O)NCc2ccco2)c1C. The highest BCUT2D eigenvalue weighted by molar-refractivity contribution is 6.07. The summed E-state index contributed by atoms with van der Waals surface area (Å²) in [4.78, 5) is 17.3. The van der Waals surface area contributed by atoms with Crippen LogP contribution in [0, 0.1) is 6.92 Å². The lowest BCUT2D eigenvalue weighted by atomic mass is 9.99. The van der Waals surface area contributed by atoms with E-state index >= 15 is 0 Å². The molecule has 0 aliphatic rings. The normalized spacial score (nSPS) is 10.8. The lowest BCUT2D eigenvalue weighted by Gasteiger charge is -2.13. The zero-order chi connectivity index (χ0) is 15.5. The van der Waals surface area contributed by atoms with E-state index in [9.17, 15) is 4.79 Å². The summed E-state index contributed by atoms with van der Waals surface area (Å²) >= 11 is 0. The van der Waals surface area contributed by atoms with Crippen molar-refractivity contribution >= 4 is 16.8 Å². The minimum Gasteiger partial charge on any atom is -0.467 e. The maximum absolute atomic E-state index is 12.7. The Bertz CT molecular complexity index is 807. The van der Waals surface area contributed by atoms with Crippen LogP contribution < -0.4 is 5.32 Å². The number of hydrogen-bond donors (Lipinski definition) is 1. The van der Waals surface area contributed by atoms with E-state index in [1.807, 2.05) is 43.3 Å². The lowest BCUT2D eigenvalue weighted by Crippen LogP contribution is -2.24. The average molecular weight is 294 g/mol. The summed E-state index contributed by atoms with van der Waals surface area (Å²) in [5, 5.41) is 3.81. The van der Waals surface area contributed by atoms with Gasteiger partial charge in [-0.25, -0.2) is 0 Å². The highest BCUT2D eigenvalue weighted by Gasteiger charge is 2.17. The summed E-state index contributed by atoms with van der Waals surface area (Å²) in [6, 6.07) is 11.4. The molecule has 22 heavy (non-hydrogen) atoms. The fourth-order valence-electron chi connectivity index (χ4n) is 2.66. The number of furan rings is 1. The summed E-state index contributed by atoms with van der Waals surface area (Å²) in [6.07, 6.45) is 2.40. The number of fused-ring (bicyclic) bond motifs is 1. The Morgan fingerprint density at radius 2 is 2.05 bits per heavy atom. The number of nitrogens with zero attached hydrogens (tertiary/aromatic N) is 1. The predicted octanol–water partition coefficient (Wildman–Crippen LogP) is 3.63. The van der Waals surface area contributed by atoms with Crippen LogP contribution in [-0.4, -0.2) is 10.9 Å². The van der Waals surface area contributed by atoms with Crippen molar-refractivity contribution in [2.75, 3.05) is 0 Å². The van der Waals surface area contributed by atoms with Gasteiger partial charge in [0.15, 0.2) is 0 Å². The van der Waals surface area contributed by atoms with E-state index in [1.165, 1.54) is 0 Å². The Morgan fingerprint density at radius 3 is 2.77 bits per heavy atom. The molecule has 2 heterocycles. The third-order valence-electron chi connectivity index (χ3n) is 3.80. The number of para-hydroxylation sites is 1. The maximum Gasteiger partial charge on any atom is 0.252 e. The van der Waals surface area contributed by atoms with E-state index in [0.717, 1.165) is 34.3 Å². The minimum atomic E-state index is -0.0952. The molecule has 2 aromatic heterocycles. The van der Waals surface area contributed by atoms with Crippen molar-refractivity contribution in [3.63, 3.8) is 0 Å². The first-order valence-electron chi connectivity index (χ1n) is 7.39. The van der Waals surface area contributed by atoms with Crippen LogP contribution in [-0.2, 0) is 13.0 Å². The molecule has 1 aromatic carbocycles. The summed E-state index contributed by atoms with van der Waals surface area (Å²) in [5.41, 5.74) is 3.46. The van der Waals surface area contributed by atoms with Crippen LogP contribution in [0.3, 0.4) is 0 Å². The Kier molecular flexibility index (Phi) is 3.92. The monoisotopic (exact) mass is 294 g/mol. The van der Waals surface area contributed by atoms with Gasteiger partial charge in [-0.1, -0.05) is 25.1 Å². The van der Waals surface area contributed by atoms with Gasteiger partial charge in [-0.2, -0.15) is 0 Å². The van der Waals surface area contributed by atoms with Gasteiger partial charge in [0.2, 0.25) is 0 Å². The molecule has 4 heteroatoms. The molecule has 0 saturated heterocycles. The van der Waals surface area contributed by atoms with Crippen molar-refractivity contribution in [2.45, 2.75) is 26.8 Å². The smallest absolute Gasteiger partial charge is 0.252 e. The van der Waals surface area contributed by atoms with E-state index < -0.39 is 0 Å². The van der Waals surface area contributed by atoms with Crippen LogP contribution in [0.25, 0.3) is 10.9 Å². The number of carbonyl (C=O) groups excluding carboxylic acids is 1. The highest BCUT2D eigenvalue weighted by Crippen LogP contribution is 2.23. The van der Waals surface area contributed by atoms with Crippen molar-refractivity contribution in [1.82, 2.24) is 10.3 Å². The third kappa shape index (κ3) is 2.60. The molecule has 0 spiro atoms. The lowest BCUT2D eigenvalue weighted by molar-refractivity contribution is 0.0949. The highest BCUT2D eigenvalue weighted by atomic mass is 16.3. The molecule has 3 aromatic rings. The van der Waals surface area contributed by atoms with Crippen LogP contribution in [0.1, 0.15) is 34.3 Å². The topological polar surface area (TPSA) is 55.1 Å². The molecular weight excluding hydrogens is 276 g/mol. The number of aryl methyl sites for hydroxylation is 1. The van der Waals surface area contributed by atoms with E-state index in [4.69, 9.17) is 4.42 Å². The van der Waals surface area contributed by atoms with Crippen molar-refractivity contribution < 1.29 is 9.21 Å². The number of carbonyl (C=O) groups is 1. The van der Waals surface area contributed by atoms with E-state index in [-0.39, 0.29) is 5.91 Å². The minimum absolute atomic E-state index is 0.0952. The first-order valence-corrected chi connectivity index (χ1v) is 7.39. The van der Waals surface area contributed by atoms with E-state index in [2.05, 4.69) is 17.2 Å². The first-order chi connectivity index (χ1) is 10.7. The van der Waals surface area contributed by atoms with Crippen molar-refractivity contribution in [2.24, 2.45) is 0 Å². The van der Waals surface area contributed by atoms with Crippen molar-refractivity contribution in [1.29, 1.82) is 0 Å². The fraction of sp³-hybridized carbons (Fsp3) is 0.222. The van der Waals surface area contributed by atoms with Gasteiger partial charge in [0.1, 0.15) is 5.76 Å². The Labute approximate surface area is 129 Å². The molecule has 0 saturated carbocycles. The van der Waals surface area contributed by atoms with Crippen LogP contribution in [0.15, 0.2) is 47.1 Å². The van der Waals surface area contributed by atoms with Gasteiger partial charge in [-0.15, -0.1) is 0 Å². The average Bonchev–Trinajstić information content (AvgIpc) is 3.05. The summed E-state index contributed by atoms with van der Waals surface area (Å²) in [7, 11) is 0. The second-order valence-electron chi connectivity index (χ2n) is 5.19. The molecule has 3 rings (SSSR count). The number of hydrogen-bond acceptors (Lipinski definition) is 3. The molecule has 0 fully saturated rings. The molecule has 0 aliphatic heterocycles. The number of aromatic nitrogens is 1. The zero-order valence-corrected chi connectivity index (χ0v) is 12.7. The maximum atomic E-state index is 12.7. The molecular formula is C18H18N2O2. The molecule has 0 aliphatic carbocycles. The third-order valence-corrected chi connectivity index (χ3v) is 3.80. The number of nitrogens with one attached hydrogen (secondary N) is 1. The summed E-state index contributed by atoms with van der Waals surface area (Å²) in [6.45, 7) is 4.39. The molecule has 0 unspecified atom stereocenters. The zero-order valence-electron chi connectivity index (χ0n) is 12.7. The van der Waals surface area contributed by atoms with Crippen molar-refractivity contribution in [3.8, 4) is 0 Å². The predicted molar refractivity (Wildman–Crippen MR) is 85.7 cm³/mol. The summed E-state index contributed by atoms with van der Waals surface area (Å²) in [5.74, 6) is 0.641. The molecule has 1 N–H and O–H groups in total. The molecule has 1 amide bonds. The van der Waals surface area contributed by atoms with E-state index in [1.54, 1.807) is 6.26 Å². The Hall–Kier alpha value is -2.62. The van der Waals surface area contributed by atoms with Crippen LogP contribution in [0.5, 0.6) is 0 Å². The number of pyridine rings is 1. The number of benzene rings is 1. The van der Waals surface area contributed by atoms with Gasteiger partial charge in [0.05, 0.1) is 23.9 Å². The standard InChI is InChI=1S/C18H18N2O2/c1-3-15-12(2)17(14-8-4-5-9-16(14)20-15)18(21)19-11-13-7-6-10-22-13/h4-10H,3,11H2,1-2H3,(H,19,21). The van der Waals surface area contributed by atoms with Gasteiger partial charge >= 0.3 is 0 Å². The number of rotatable bonds is 4. The molecule has 0 atom stereocenters. The fourth-order valence-corrected chi connectivity index (χ4v) is 2.66. The second-order valence-corrected chi connectivity index (χ2v) is 5.19. The van der Waals surface area contributed by atoms with Gasteiger partial charge in [-0.05, 0) is 37.1 Å². The molecule has 112 valence electrons. The Balaban J connectivity index is 2.00. The Morgan fingerprint density at radius 1 is 1.23 bits per heavy atom. The second kappa shape index (κ2) is 6.02. The molecule has 4 nitrogen and oxygen atoms in total. The van der Waals surface area contributed by atoms with Crippen LogP contribution >= 0.6 is 0 Å². The van der Waals surface area contributed by atoms with Crippen LogP contribution in [0.4, 0.5) is 0 Å². The summed E-state index contributed by atoms with van der Waals surface area (Å²) < 4.78 is 5.26. The van der Waals surface area contributed by atoms with Gasteiger partial charge < -0.3 is 9.73 Å². The largest absolute Gasteiger partial charge is 0.467 e. The molecule has 0 bridgehead atoms. The number of amides is 1. The first kappa shape index (κ1) is 14.3. The van der Waals surface area contributed by atoms with Gasteiger partial charge in [0, 0.05) is 11.1 Å². The van der Waals surface area contributed by atoms with Gasteiger partial charge in [0.25, 0.3) is 5.91 Å². The quantitative estimate of drug-likeness (QED) is 0.799. The van der Waals surface area contributed by atoms with Gasteiger partial charge in [-0.3, -0.25) is 9.78 Å². The van der Waals surface area contributed by atoms with E-state index in [0.29, 0.717) is 12.1 Å². The van der Waals surface area contributed by atoms with Crippen molar-refractivity contribution in [3.05, 3.63) is 65.2 Å². The molecule has 0 radical (unpaired) electrons.